The van der Waals surface area contributed by atoms with E-state index in [4.69, 9.17) is 4.74 Å². The average Bonchev–Trinajstić information content (AvgIpc) is 3.00. The van der Waals surface area contributed by atoms with Gasteiger partial charge in [0.2, 0.25) is 5.91 Å². The summed E-state index contributed by atoms with van der Waals surface area (Å²) in [7, 11) is 3.11. The Balaban J connectivity index is 1.99. The van der Waals surface area contributed by atoms with Crippen molar-refractivity contribution >= 4 is 17.5 Å². The first kappa shape index (κ1) is 17.0. The first-order chi connectivity index (χ1) is 12.0. The van der Waals surface area contributed by atoms with Gasteiger partial charge in [0, 0.05) is 26.4 Å². The van der Waals surface area contributed by atoms with E-state index in [2.05, 4.69) is 10.6 Å². The monoisotopic (exact) mass is 343 g/mol. The Bertz CT molecular complexity index is 785. The fraction of sp³-hybridized carbons (Fsp3) is 0.333. The van der Waals surface area contributed by atoms with Crippen LogP contribution in [0.4, 0.5) is 5.69 Å². The number of hydrogen-bond donors (Lipinski definition) is 3. The molecule has 2 unspecified atom stereocenters. The second-order valence-electron chi connectivity index (χ2n) is 6.09. The first-order valence-corrected chi connectivity index (χ1v) is 8.01. The third kappa shape index (κ3) is 2.98. The Morgan fingerprint density at radius 2 is 2.24 bits per heavy atom. The van der Waals surface area contributed by atoms with Gasteiger partial charge in [-0.05, 0) is 30.5 Å². The molecule has 3 N–H and O–H groups in total. The highest BCUT2D eigenvalue weighted by atomic mass is 16.5. The van der Waals surface area contributed by atoms with Crippen LogP contribution >= 0.6 is 0 Å². The van der Waals surface area contributed by atoms with E-state index in [0.29, 0.717) is 23.2 Å². The lowest BCUT2D eigenvalue weighted by atomic mass is 10.1. The van der Waals surface area contributed by atoms with Crippen molar-refractivity contribution in [3.8, 4) is 5.75 Å². The van der Waals surface area contributed by atoms with E-state index in [1.165, 1.54) is 6.08 Å². The van der Waals surface area contributed by atoms with Crippen molar-refractivity contribution in [2.24, 2.45) is 0 Å². The zero-order chi connectivity index (χ0) is 18.1. The highest BCUT2D eigenvalue weighted by molar-refractivity contribution is 6.03. The Morgan fingerprint density at radius 1 is 1.48 bits per heavy atom. The van der Waals surface area contributed by atoms with Crippen LogP contribution in [-0.2, 0) is 9.53 Å². The Kier molecular flexibility index (Phi) is 4.50. The van der Waals surface area contributed by atoms with Crippen LogP contribution in [0, 0.1) is 6.92 Å². The summed E-state index contributed by atoms with van der Waals surface area (Å²) in [5, 5.41) is 16.0. The van der Waals surface area contributed by atoms with Crippen LogP contribution in [0.3, 0.4) is 0 Å². The van der Waals surface area contributed by atoms with Gasteiger partial charge in [-0.3, -0.25) is 9.59 Å². The minimum absolute atomic E-state index is 0.0535. The zero-order valence-corrected chi connectivity index (χ0v) is 14.4. The number of fused-ring (bicyclic) bond motifs is 2. The normalized spacial score (nSPS) is 22.1. The second-order valence-corrected chi connectivity index (χ2v) is 6.09. The van der Waals surface area contributed by atoms with Crippen LogP contribution in [0.2, 0.25) is 0 Å². The number of aromatic hydroxyl groups is 1. The molecule has 0 spiro atoms. The molecule has 2 aliphatic heterocycles. The van der Waals surface area contributed by atoms with E-state index in [1.807, 2.05) is 0 Å². The summed E-state index contributed by atoms with van der Waals surface area (Å²) in [6.45, 7) is 1.77. The number of phenols is 1. The molecule has 7 nitrogen and oxygen atoms in total. The smallest absolute Gasteiger partial charge is 0.260 e. The summed E-state index contributed by atoms with van der Waals surface area (Å²) >= 11 is 0. The molecule has 2 heterocycles. The van der Waals surface area contributed by atoms with Gasteiger partial charge in [-0.2, -0.15) is 0 Å². The van der Waals surface area contributed by atoms with Crippen molar-refractivity contribution in [1.29, 1.82) is 0 Å². The molecule has 0 fully saturated rings. The number of rotatable bonds is 3. The summed E-state index contributed by atoms with van der Waals surface area (Å²) in [5.74, 6) is -0.370. The predicted molar refractivity (Wildman–Crippen MR) is 93.1 cm³/mol. The van der Waals surface area contributed by atoms with E-state index >= 15 is 0 Å². The van der Waals surface area contributed by atoms with Crippen molar-refractivity contribution in [3.63, 3.8) is 0 Å². The molecule has 2 atom stereocenters. The van der Waals surface area contributed by atoms with Crippen molar-refractivity contribution in [1.82, 2.24) is 10.2 Å². The third-order valence-corrected chi connectivity index (χ3v) is 4.54. The predicted octanol–water partition coefficient (Wildman–Crippen LogP) is 1.50. The molecule has 0 saturated carbocycles. The average molecular weight is 343 g/mol. The molecular weight excluding hydrogens is 322 g/mol. The molecule has 2 amide bonds. The fourth-order valence-electron chi connectivity index (χ4n) is 3.12. The maximum Gasteiger partial charge on any atom is 0.260 e. The molecular formula is C18H21N3O4. The molecule has 0 bridgehead atoms. The molecule has 0 aliphatic carbocycles. The van der Waals surface area contributed by atoms with Gasteiger partial charge >= 0.3 is 0 Å². The van der Waals surface area contributed by atoms with Gasteiger partial charge in [-0.1, -0.05) is 12.1 Å². The standard InChI is InChI=1S/C18H21N3O4/c1-10-4-6-12-15(16(10)23)20-17(25-3)13-8-11(5-7-14(22)19-2)9-21(13)18(12)24/h4-7,9,13,17,20,23H,8H2,1-3H3,(H,19,22)/b7-5-. The quantitative estimate of drug-likeness (QED) is 0.571. The maximum absolute atomic E-state index is 13.0. The molecule has 1 aromatic rings. The Morgan fingerprint density at radius 3 is 2.92 bits per heavy atom. The Hall–Kier alpha value is -2.80. The van der Waals surface area contributed by atoms with Crippen LogP contribution in [0.5, 0.6) is 5.75 Å². The summed E-state index contributed by atoms with van der Waals surface area (Å²) in [4.78, 5) is 25.9. The van der Waals surface area contributed by atoms with Crippen molar-refractivity contribution in [2.75, 3.05) is 19.5 Å². The number of carbonyl (C=O) groups excluding carboxylic acids is 2. The molecule has 0 aromatic heterocycles. The van der Waals surface area contributed by atoms with Crippen LogP contribution in [0.15, 0.2) is 36.1 Å². The van der Waals surface area contributed by atoms with Crippen molar-refractivity contribution in [2.45, 2.75) is 25.6 Å². The highest BCUT2D eigenvalue weighted by Gasteiger charge is 2.40. The lowest BCUT2D eigenvalue weighted by Gasteiger charge is -2.27. The number of allylic oxidation sites excluding steroid dienone is 1. The number of methoxy groups -OCH3 is 1. The SMILES string of the molecule is CNC(=O)/C=C\C1=CN2C(=O)c3ccc(C)c(O)c3NC(OC)C2C1. The number of phenolic OH excluding ortho intramolecular Hbond substituents is 1. The first-order valence-electron chi connectivity index (χ1n) is 8.01. The van der Waals surface area contributed by atoms with Gasteiger partial charge in [0.25, 0.3) is 5.91 Å². The molecule has 0 radical (unpaired) electrons. The maximum atomic E-state index is 13.0. The van der Waals surface area contributed by atoms with E-state index in [0.717, 1.165) is 5.57 Å². The summed E-state index contributed by atoms with van der Waals surface area (Å²) in [5.41, 5.74) is 2.31. The summed E-state index contributed by atoms with van der Waals surface area (Å²) in [6.07, 6.45) is 4.91. The molecule has 2 aliphatic rings. The van der Waals surface area contributed by atoms with E-state index < -0.39 is 6.23 Å². The van der Waals surface area contributed by atoms with Gasteiger partial charge < -0.3 is 25.4 Å². The van der Waals surface area contributed by atoms with Crippen molar-refractivity contribution in [3.05, 3.63) is 47.2 Å². The van der Waals surface area contributed by atoms with E-state index in [-0.39, 0.29) is 23.6 Å². The minimum Gasteiger partial charge on any atom is -0.505 e. The number of anilines is 1. The van der Waals surface area contributed by atoms with Gasteiger partial charge in [-0.25, -0.2) is 0 Å². The zero-order valence-electron chi connectivity index (χ0n) is 14.4. The number of benzene rings is 1. The summed E-state index contributed by atoms with van der Waals surface area (Å²) < 4.78 is 5.53. The number of nitrogens with one attached hydrogen (secondary N) is 2. The third-order valence-electron chi connectivity index (χ3n) is 4.54. The van der Waals surface area contributed by atoms with Gasteiger partial charge in [-0.15, -0.1) is 0 Å². The molecule has 132 valence electrons. The largest absolute Gasteiger partial charge is 0.505 e. The van der Waals surface area contributed by atoms with Crippen LogP contribution in [-0.4, -0.2) is 48.2 Å². The number of likely N-dealkylation sites (N-methyl/N-ethyl adjacent to an activating group) is 1. The number of carbonyl (C=O) groups is 2. The lowest BCUT2D eigenvalue weighted by Crippen LogP contribution is -2.43. The molecule has 3 rings (SSSR count). The van der Waals surface area contributed by atoms with Gasteiger partial charge in [0.05, 0.1) is 17.3 Å². The molecule has 25 heavy (non-hydrogen) atoms. The number of amides is 2. The highest BCUT2D eigenvalue weighted by Crippen LogP contribution is 2.38. The topological polar surface area (TPSA) is 90.9 Å². The Labute approximate surface area is 146 Å². The molecule has 7 heteroatoms. The molecule has 0 saturated heterocycles. The number of hydrogen-bond acceptors (Lipinski definition) is 5. The number of ether oxygens (including phenoxy) is 1. The van der Waals surface area contributed by atoms with Crippen LogP contribution < -0.4 is 10.6 Å². The van der Waals surface area contributed by atoms with Crippen molar-refractivity contribution < 1.29 is 19.4 Å². The lowest BCUT2D eigenvalue weighted by molar-refractivity contribution is -0.116. The van der Waals surface area contributed by atoms with E-state index in [9.17, 15) is 14.7 Å². The van der Waals surface area contributed by atoms with Crippen LogP contribution in [0.1, 0.15) is 22.3 Å². The van der Waals surface area contributed by atoms with E-state index in [1.54, 1.807) is 50.4 Å². The number of nitrogens with zero attached hydrogens (tertiary/aromatic N) is 1. The minimum atomic E-state index is -0.486. The van der Waals surface area contributed by atoms with Gasteiger partial charge in [0.15, 0.2) is 0 Å². The van der Waals surface area contributed by atoms with Crippen LogP contribution in [0.25, 0.3) is 0 Å². The molecule has 1 aromatic carbocycles. The fourth-order valence-corrected chi connectivity index (χ4v) is 3.12. The van der Waals surface area contributed by atoms with Gasteiger partial charge in [0.1, 0.15) is 12.0 Å². The second kappa shape index (κ2) is 6.60. The summed E-state index contributed by atoms with van der Waals surface area (Å²) in [6, 6.07) is 3.14. The number of aryl methyl sites for hydroxylation is 1.